The highest BCUT2D eigenvalue weighted by Gasteiger charge is 2.04. The summed E-state index contributed by atoms with van der Waals surface area (Å²) in [6, 6.07) is 6.56. The Balaban J connectivity index is 0.00000112. The molecule has 1 aromatic carbocycles. The van der Waals surface area contributed by atoms with Gasteiger partial charge in [-0.15, -0.1) is 12.4 Å². The van der Waals surface area contributed by atoms with E-state index in [1.54, 1.807) is 0 Å². The first-order chi connectivity index (χ1) is 6.72. The molecule has 2 N–H and O–H groups in total. The van der Waals surface area contributed by atoms with Gasteiger partial charge in [-0.25, -0.2) is 0 Å². The number of aromatic nitrogens is 1. The fourth-order valence-corrected chi connectivity index (χ4v) is 1.93. The standard InChI is InChI=1S/C12H16N2.ClH/c1-9-3-4-11-10(5-6-13)8-14(2)12(11)7-9;/h3-4,7-8H,5-6,13H2,1-2H3;1H. The van der Waals surface area contributed by atoms with Crippen LogP contribution in [0.4, 0.5) is 0 Å². The number of hydrogen-bond donors (Lipinski definition) is 1. The molecule has 1 aromatic heterocycles. The van der Waals surface area contributed by atoms with Gasteiger partial charge in [0, 0.05) is 24.1 Å². The Morgan fingerprint density at radius 3 is 2.73 bits per heavy atom. The molecule has 0 radical (unpaired) electrons. The minimum atomic E-state index is 0. The summed E-state index contributed by atoms with van der Waals surface area (Å²) in [7, 11) is 2.09. The average molecular weight is 225 g/mol. The minimum absolute atomic E-state index is 0. The number of aryl methyl sites for hydroxylation is 2. The molecule has 0 amide bonds. The zero-order chi connectivity index (χ0) is 10.1. The molecule has 0 fully saturated rings. The molecule has 1 heterocycles. The van der Waals surface area contributed by atoms with Gasteiger partial charge in [0.1, 0.15) is 0 Å². The van der Waals surface area contributed by atoms with Crippen molar-refractivity contribution in [2.75, 3.05) is 6.54 Å². The number of hydrogen-bond acceptors (Lipinski definition) is 1. The van der Waals surface area contributed by atoms with Crippen molar-refractivity contribution >= 4 is 23.3 Å². The third-order valence-corrected chi connectivity index (χ3v) is 2.64. The lowest BCUT2D eigenvalue weighted by Gasteiger charge is -1.97. The molecule has 0 saturated carbocycles. The monoisotopic (exact) mass is 224 g/mol. The van der Waals surface area contributed by atoms with Gasteiger partial charge in [0.2, 0.25) is 0 Å². The molecular weight excluding hydrogens is 208 g/mol. The summed E-state index contributed by atoms with van der Waals surface area (Å²) in [5, 5.41) is 1.34. The molecule has 0 unspecified atom stereocenters. The molecule has 0 aliphatic rings. The molecule has 0 bridgehead atoms. The van der Waals surface area contributed by atoms with Crippen LogP contribution in [0.5, 0.6) is 0 Å². The molecule has 0 aliphatic carbocycles. The largest absolute Gasteiger partial charge is 0.350 e. The van der Waals surface area contributed by atoms with Crippen LogP contribution in [-0.2, 0) is 13.5 Å². The van der Waals surface area contributed by atoms with Crippen molar-refractivity contribution in [3.8, 4) is 0 Å². The van der Waals surface area contributed by atoms with Crippen LogP contribution in [-0.4, -0.2) is 11.1 Å². The van der Waals surface area contributed by atoms with Crippen molar-refractivity contribution in [2.24, 2.45) is 12.8 Å². The predicted molar refractivity (Wildman–Crippen MR) is 67.7 cm³/mol. The van der Waals surface area contributed by atoms with Crippen LogP contribution in [0.3, 0.4) is 0 Å². The first kappa shape index (κ1) is 12.1. The Morgan fingerprint density at radius 1 is 1.33 bits per heavy atom. The zero-order valence-electron chi connectivity index (χ0n) is 9.16. The molecule has 3 heteroatoms. The van der Waals surface area contributed by atoms with Crippen LogP contribution in [0, 0.1) is 6.92 Å². The Morgan fingerprint density at radius 2 is 2.07 bits per heavy atom. The van der Waals surface area contributed by atoms with Gasteiger partial charge in [-0.1, -0.05) is 12.1 Å². The van der Waals surface area contributed by atoms with E-state index >= 15 is 0 Å². The number of benzene rings is 1. The zero-order valence-corrected chi connectivity index (χ0v) is 9.97. The summed E-state index contributed by atoms with van der Waals surface area (Å²) in [6.07, 6.45) is 3.14. The van der Waals surface area contributed by atoms with Gasteiger partial charge in [0.15, 0.2) is 0 Å². The fourth-order valence-electron chi connectivity index (χ4n) is 1.93. The maximum atomic E-state index is 5.58. The second-order valence-corrected chi connectivity index (χ2v) is 3.82. The van der Waals surface area contributed by atoms with Crippen LogP contribution in [0.15, 0.2) is 24.4 Å². The molecule has 82 valence electrons. The second kappa shape index (κ2) is 4.69. The van der Waals surface area contributed by atoms with E-state index in [4.69, 9.17) is 5.73 Å². The lowest BCUT2D eigenvalue weighted by atomic mass is 10.1. The normalized spacial score (nSPS) is 10.3. The van der Waals surface area contributed by atoms with Crippen molar-refractivity contribution in [3.05, 3.63) is 35.5 Å². The highest BCUT2D eigenvalue weighted by Crippen LogP contribution is 2.21. The molecule has 0 aliphatic heterocycles. The quantitative estimate of drug-likeness (QED) is 0.835. The van der Waals surface area contributed by atoms with Crippen LogP contribution in [0.2, 0.25) is 0 Å². The fraction of sp³-hybridized carbons (Fsp3) is 0.333. The number of nitrogens with two attached hydrogens (primary N) is 1. The molecule has 0 atom stereocenters. The van der Waals surface area contributed by atoms with Gasteiger partial charge in [-0.2, -0.15) is 0 Å². The van der Waals surface area contributed by atoms with E-state index in [9.17, 15) is 0 Å². The van der Waals surface area contributed by atoms with E-state index in [2.05, 4.69) is 42.9 Å². The number of rotatable bonds is 2. The van der Waals surface area contributed by atoms with E-state index in [1.807, 2.05) is 0 Å². The van der Waals surface area contributed by atoms with Crippen molar-refractivity contribution in [3.63, 3.8) is 0 Å². The van der Waals surface area contributed by atoms with Crippen LogP contribution in [0.25, 0.3) is 10.9 Å². The maximum Gasteiger partial charge on any atom is 0.0483 e. The highest BCUT2D eigenvalue weighted by molar-refractivity contribution is 5.85. The molecule has 2 aromatic rings. The van der Waals surface area contributed by atoms with Gasteiger partial charge in [-0.05, 0) is 37.1 Å². The molecule has 0 saturated heterocycles. The SMILES string of the molecule is Cc1ccc2c(CCN)cn(C)c2c1.Cl. The summed E-state index contributed by atoms with van der Waals surface area (Å²) in [6.45, 7) is 2.84. The summed E-state index contributed by atoms with van der Waals surface area (Å²) < 4.78 is 2.17. The van der Waals surface area contributed by atoms with Gasteiger partial charge >= 0.3 is 0 Å². The van der Waals surface area contributed by atoms with Crippen molar-refractivity contribution < 1.29 is 0 Å². The van der Waals surface area contributed by atoms with E-state index in [0.717, 1.165) is 6.42 Å². The van der Waals surface area contributed by atoms with Gasteiger partial charge in [0.05, 0.1) is 0 Å². The number of nitrogens with zero attached hydrogens (tertiary/aromatic N) is 1. The van der Waals surface area contributed by atoms with E-state index in [1.165, 1.54) is 22.0 Å². The highest BCUT2D eigenvalue weighted by atomic mass is 35.5. The van der Waals surface area contributed by atoms with Crippen LogP contribution in [0.1, 0.15) is 11.1 Å². The summed E-state index contributed by atoms with van der Waals surface area (Å²) in [5.41, 5.74) is 9.54. The van der Waals surface area contributed by atoms with Gasteiger partial charge < -0.3 is 10.3 Å². The second-order valence-electron chi connectivity index (χ2n) is 3.82. The third kappa shape index (κ3) is 2.16. The topological polar surface area (TPSA) is 30.9 Å². The van der Waals surface area contributed by atoms with E-state index < -0.39 is 0 Å². The van der Waals surface area contributed by atoms with E-state index in [-0.39, 0.29) is 12.4 Å². The van der Waals surface area contributed by atoms with Crippen LogP contribution < -0.4 is 5.73 Å². The molecule has 15 heavy (non-hydrogen) atoms. The molecule has 2 rings (SSSR count). The van der Waals surface area contributed by atoms with Crippen molar-refractivity contribution in [1.29, 1.82) is 0 Å². The number of fused-ring (bicyclic) bond motifs is 1. The Bertz CT molecular complexity index is 460. The minimum Gasteiger partial charge on any atom is -0.350 e. The molecular formula is C12H17ClN2. The Labute approximate surface area is 96.5 Å². The third-order valence-electron chi connectivity index (χ3n) is 2.64. The van der Waals surface area contributed by atoms with E-state index in [0.29, 0.717) is 6.54 Å². The first-order valence-corrected chi connectivity index (χ1v) is 4.97. The van der Waals surface area contributed by atoms with Gasteiger partial charge in [-0.3, -0.25) is 0 Å². The van der Waals surface area contributed by atoms with Crippen molar-refractivity contribution in [2.45, 2.75) is 13.3 Å². The average Bonchev–Trinajstić information content (AvgIpc) is 2.44. The Hall–Kier alpha value is -0.990. The van der Waals surface area contributed by atoms with Gasteiger partial charge in [0.25, 0.3) is 0 Å². The summed E-state index contributed by atoms with van der Waals surface area (Å²) in [5.74, 6) is 0. The van der Waals surface area contributed by atoms with Crippen LogP contribution >= 0.6 is 12.4 Å². The number of halogens is 1. The molecule has 0 spiro atoms. The molecule has 2 nitrogen and oxygen atoms in total. The first-order valence-electron chi connectivity index (χ1n) is 4.97. The summed E-state index contributed by atoms with van der Waals surface area (Å²) >= 11 is 0. The van der Waals surface area contributed by atoms with Crippen molar-refractivity contribution in [1.82, 2.24) is 4.57 Å². The lowest BCUT2D eigenvalue weighted by molar-refractivity contribution is 0.929. The Kier molecular flexibility index (Phi) is 3.77. The lowest BCUT2D eigenvalue weighted by Crippen LogP contribution is -2.01. The predicted octanol–water partition coefficient (Wildman–Crippen LogP) is 2.41. The summed E-state index contributed by atoms with van der Waals surface area (Å²) in [4.78, 5) is 0. The maximum absolute atomic E-state index is 5.58. The smallest absolute Gasteiger partial charge is 0.0483 e.